The monoisotopic (exact) mass is 351 g/mol. The van der Waals surface area contributed by atoms with Gasteiger partial charge in [0.15, 0.2) is 0 Å². The molecule has 25 heavy (non-hydrogen) atoms. The van der Waals surface area contributed by atoms with E-state index in [4.69, 9.17) is 4.74 Å². The van der Waals surface area contributed by atoms with Crippen molar-refractivity contribution >= 4 is 5.91 Å². The number of carbonyl (C=O) groups is 1. The zero-order chi connectivity index (χ0) is 17.9. The van der Waals surface area contributed by atoms with Crippen molar-refractivity contribution in [3.63, 3.8) is 0 Å². The predicted octanol–water partition coefficient (Wildman–Crippen LogP) is 2.84. The number of nitrogens with zero attached hydrogens (tertiary/aromatic N) is 1. The molecule has 2 aromatic rings. The number of hydrogen-bond donors (Lipinski definition) is 2. The maximum absolute atomic E-state index is 12.5. The van der Waals surface area contributed by atoms with Crippen LogP contribution in [0.3, 0.4) is 0 Å². The molecular weight excluding hydrogens is 335 g/mol. The van der Waals surface area contributed by atoms with E-state index >= 15 is 0 Å². The van der Waals surface area contributed by atoms with Crippen LogP contribution in [0.2, 0.25) is 0 Å². The summed E-state index contributed by atoms with van der Waals surface area (Å²) < 4.78 is 42.8. The average Bonchev–Trinajstić information content (AvgIpc) is 2.53. The Balaban J connectivity index is 1.57. The molecule has 8 heteroatoms. The number of halogens is 3. The lowest BCUT2D eigenvalue weighted by atomic mass is 10.0. The lowest BCUT2D eigenvalue weighted by Crippen LogP contribution is -2.48. The van der Waals surface area contributed by atoms with E-state index in [0.717, 1.165) is 25.2 Å². The fourth-order valence-electron chi connectivity index (χ4n) is 2.24. The Labute approximate surface area is 142 Å². The molecule has 0 spiro atoms. The molecule has 1 amide bonds. The Hall–Kier alpha value is -2.61. The van der Waals surface area contributed by atoms with E-state index < -0.39 is 11.7 Å². The van der Waals surface area contributed by atoms with Gasteiger partial charge in [-0.15, -0.1) is 0 Å². The fourth-order valence-corrected chi connectivity index (χ4v) is 2.24. The van der Waals surface area contributed by atoms with Crippen LogP contribution in [-0.4, -0.2) is 30.5 Å². The summed E-state index contributed by atoms with van der Waals surface area (Å²) >= 11 is 0. The van der Waals surface area contributed by atoms with Gasteiger partial charge < -0.3 is 15.4 Å². The van der Waals surface area contributed by atoms with Crippen LogP contribution in [0.5, 0.6) is 11.6 Å². The van der Waals surface area contributed by atoms with Crippen molar-refractivity contribution < 1.29 is 22.7 Å². The predicted molar refractivity (Wildman–Crippen MR) is 84.4 cm³/mol. The van der Waals surface area contributed by atoms with E-state index in [1.807, 2.05) is 0 Å². The maximum Gasteiger partial charge on any atom is 0.417 e. The van der Waals surface area contributed by atoms with Gasteiger partial charge >= 0.3 is 6.18 Å². The first kappa shape index (κ1) is 17.2. The zero-order valence-corrected chi connectivity index (χ0v) is 13.1. The van der Waals surface area contributed by atoms with Gasteiger partial charge in [-0.3, -0.25) is 4.79 Å². The molecule has 1 aromatic carbocycles. The van der Waals surface area contributed by atoms with Gasteiger partial charge in [0.2, 0.25) is 5.88 Å². The number of ether oxygens (including phenoxy) is 1. The number of hydrogen-bond acceptors (Lipinski definition) is 4. The van der Waals surface area contributed by atoms with E-state index in [-0.39, 0.29) is 11.8 Å². The number of rotatable bonds is 5. The van der Waals surface area contributed by atoms with Crippen LogP contribution in [-0.2, 0) is 6.18 Å². The molecular formula is C17H16F3N3O2. The number of aromatic nitrogens is 1. The van der Waals surface area contributed by atoms with Crippen molar-refractivity contribution in [3.05, 3.63) is 53.7 Å². The minimum absolute atomic E-state index is 0.0442. The number of amides is 1. The van der Waals surface area contributed by atoms with Crippen LogP contribution < -0.4 is 15.4 Å². The molecule has 2 N–H and O–H groups in total. The molecule has 1 fully saturated rings. The highest BCUT2D eigenvalue weighted by atomic mass is 19.4. The molecule has 0 unspecified atom stereocenters. The molecule has 0 radical (unpaired) electrons. The molecule has 0 bridgehead atoms. The molecule has 0 atom stereocenters. The first-order valence-electron chi connectivity index (χ1n) is 7.72. The standard InChI is InChI=1S/C17H16F3N3O2/c18-17(19,20)13-3-6-15(22-10-13)25-14-4-1-12(2-5-14)16(24)23-9-11-7-21-8-11/h1-6,10-11,21H,7-9H2,(H,23,24). The second kappa shape index (κ2) is 7.10. The topological polar surface area (TPSA) is 63.2 Å². The summed E-state index contributed by atoms with van der Waals surface area (Å²) in [5.41, 5.74) is -0.353. The molecule has 132 valence electrons. The van der Waals surface area contributed by atoms with E-state index in [1.165, 1.54) is 0 Å². The minimum Gasteiger partial charge on any atom is -0.439 e. The molecule has 0 saturated carbocycles. The SMILES string of the molecule is O=C(NCC1CNC1)c1ccc(Oc2ccc(C(F)(F)F)cn2)cc1. The van der Waals surface area contributed by atoms with Crippen molar-refractivity contribution in [2.75, 3.05) is 19.6 Å². The normalized spacial score (nSPS) is 14.7. The summed E-state index contributed by atoms with van der Waals surface area (Å²) in [5, 5.41) is 5.98. The van der Waals surface area contributed by atoms with Gasteiger partial charge in [0.25, 0.3) is 5.91 Å². The van der Waals surface area contributed by atoms with Crippen LogP contribution in [0.15, 0.2) is 42.6 Å². The first-order valence-corrected chi connectivity index (χ1v) is 7.72. The molecule has 3 rings (SSSR count). The number of pyridine rings is 1. The number of alkyl halides is 3. The van der Waals surface area contributed by atoms with Crippen molar-refractivity contribution in [3.8, 4) is 11.6 Å². The van der Waals surface area contributed by atoms with Gasteiger partial charge in [-0.05, 0) is 30.3 Å². The third-order valence-corrected chi connectivity index (χ3v) is 3.82. The van der Waals surface area contributed by atoms with Crippen LogP contribution in [0.4, 0.5) is 13.2 Å². The first-order chi connectivity index (χ1) is 11.9. The number of benzene rings is 1. The molecule has 0 aliphatic carbocycles. The highest BCUT2D eigenvalue weighted by Gasteiger charge is 2.30. The summed E-state index contributed by atoms with van der Waals surface area (Å²) in [4.78, 5) is 15.6. The maximum atomic E-state index is 12.5. The smallest absolute Gasteiger partial charge is 0.417 e. The summed E-state index contributed by atoms with van der Waals surface area (Å²) in [6, 6.07) is 8.37. The third-order valence-electron chi connectivity index (χ3n) is 3.82. The van der Waals surface area contributed by atoms with Gasteiger partial charge in [0.1, 0.15) is 5.75 Å². The lowest BCUT2D eigenvalue weighted by molar-refractivity contribution is -0.137. The van der Waals surface area contributed by atoms with Crippen LogP contribution in [0.25, 0.3) is 0 Å². The fraction of sp³-hybridized carbons (Fsp3) is 0.294. The number of nitrogens with one attached hydrogen (secondary N) is 2. The summed E-state index contributed by atoms with van der Waals surface area (Å²) in [7, 11) is 0. The van der Waals surface area contributed by atoms with Crippen LogP contribution >= 0.6 is 0 Å². The Kier molecular flexibility index (Phi) is 4.89. The van der Waals surface area contributed by atoms with Crippen LogP contribution in [0, 0.1) is 5.92 Å². The minimum atomic E-state index is -4.43. The quantitative estimate of drug-likeness (QED) is 0.870. The van der Waals surface area contributed by atoms with Crippen molar-refractivity contribution in [1.82, 2.24) is 15.6 Å². The van der Waals surface area contributed by atoms with Gasteiger partial charge in [-0.2, -0.15) is 13.2 Å². The van der Waals surface area contributed by atoms with Gasteiger partial charge in [-0.1, -0.05) is 0 Å². The van der Waals surface area contributed by atoms with E-state index in [9.17, 15) is 18.0 Å². The second-order valence-electron chi connectivity index (χ2n) is 5.74. The lowest BCUT2D eigenvalue weighted by Gasteiger charge is -2.27. The van der Waals surface area contributed by atoms with E-state index in [0.29, 0.717) is 30.0 Å². The molecule has 1 aliphatic rings. The Morgan fingerprint density at radius 3 is 2.44 bits per heavy atom. The Morgan fingerprint density at radius 2 is 1.92 bits per heavy atom. The summed E-state index contributed by atoms with van der Waals surface area (Å²) in [5.74, 6) is 0.720. The van der Waals surface area contributed by atoms with Gasteiger partial charge in [-0.25, -0.2) is 4.98 Å². The largest absolute Gasteiger partial charge is 0.439 e. The summed E-state index contributed by atoms with van der Waals surface area (Å²) in [6.07, 6.45) is -3.72. The van der Waals surface area contributed by atoms with Crippen LogP contribution in [0.1, 0.15) is 15.9 Å². The van der Waals surface area contributed by atoms with Crippen molar-refractivity contribution in [1.29, 1.82) is 0 Å². The molecule has 1 aromatic heterocycles. The number of carbonyl (C=O) groups excluding carboxylic acids is 1. The van der Waals surface area contributed by atoms with E-state index in [2.05, 4.69) is 15.6 Å². The van der Waals surface area contributed by atoms with Gasteiger partial charge in [0.05, 0.1) is 5.56 Å². The Morgan fingerprint density at radius 1 is 1.20 bits per heavy atom. The van der Waals surface area contributed by atoms with E-state index in [1.54, 1.807) is 24.3 Å². The highest BCUT2D eigenvalue weighted by Crippen LogP contribution is 2.30. The Bertz CT molecular complexity index is 726. The molecule has 1 saturated heterocycles. The van der Waals surface area contributed by atoms with Gasteiger partial charge in [0, 0.05) is 43.4 Å². The summed E-state index contributed by atoms with van der Waals surface area (Å²) in [6.45, 7) is 2.44. The molecule has 2 heterocycles. The molecule has 1 aliphatic heterocycles. The van der Waals surface area contributed by atoms with Crippen molar-refractivity contribution in [2.45, 2.75) is 6.18 Å². The highest BCUT2D eigenvalue weighted by molar-refractivity contribution is 5.94. The zero-order valence-electron chi connectivity index (χ0n) is 13.1. The second-order valence-corrected chi connectivity index (χ2v) is 5.74. The average molecular weight is 351 g/mol. The third kappa shape index (κ3) is 4.48. The van der Waals surface area contributed by atoms with Crippen molar-refractivity contribution in [2.24, 2.45) is 5.92 Å². The molecule has 5 nitrogen and oxygen atoms in total.